The third-order valence-corrected chi connectivity index (χ3v) is 2.09. The highest BCUT2D eigenvalue weighted by molar-refractivity contribution is 5.94. The molecule has 0 saturated carbocycles. The number of hydrogen-bond acceptors (Lipinski definition) is 4. The Morgan fingerprint density at radius 1 is 1.53 bits per heavy atom. The van der Waals surface area contributed by atoms with Crippen LogP contribution in [-0.2, 0) is 4.74 Å². The molecule has 1 unspecified atom stereocenters. The van der Waals surface area contributed by atoms with Gasteiger partial charge >= 0.3 is 18.2 Å². The van der Waals surface area contributed by atoms with Gasteiger partial charge in [-0.15, -0.1) is 0 Å². The summed E-state index contributed by atoms with van der Waals surface area (Å²) in [7, 11) is 0. The minimum absolute atomic E-state index is 0.000278. The molecule has 1 atom stereocenters. The molecule has 0 aliphatic carbocycles. The van der Waals surface area contributed by atoms with Crippen LogP contribution in [0.2, 0.25) is 0 Å². The minimum atomic E-state index is -1.10. The van der Waals surface area contributed by atoms with Gasteiger partial charge in [-0.05, 0) is 13.8 Å². The number of amides is 5. The fraction of sp³-hybridized carbons (Fsp3) is 0.625. The van der Waals surface area contributed by atoms with E-state index in [2.05, 4.69) is 5.32 Å². The molecule has 5 amide bonds. The molecule has 1 aliphatic rings. The SMILES string of the molecule is CC(C)OC(=O)[N+]1(C(N)=O)CCNC1=O. The number of nitrogens with one attached hydrogen (secondary N) is 1. The predicted molar refractivity (Wildman–Crippen MR) is 49.7 cm³/mol. The van der Waals surface area contributed by atoms with Crippen molar-refractivity contribution in [3.8, 4) is 0 Å². The summed E-state index contributed by atoms with van der Waals surface area (Å²) in [4.78, 5) is 34.2. The van der Waals surface area contributed by atoms with Gasteiger partial charge in [0.25, 0.3) is 0 Å². The van der Waals surface area contributed by atoms with Crippen molar-refractivity contribution in [2.24, 2.45) is 5.73 Å². The normalized spacial score (nSPS) is 25.1. The number of rotatable bonds is 1. The van der Waals surface area contributed by atoms with E-state index < -0.39 is 28.7 Å². The first-order chi connectivity index (χ1) is 6.91. The van der Waals surface area contributed by atoms with Gasteiger partial charge in [-0.2, -0.15) is 4.79 Å². The number of urea groups is 2. The zero-order valence-corrected chi connectivity index (χ0v) is 8.65. The van der Waals surface area contributed by atoms with Crippen LogP contribution in [0.4, 0.5) is 14.4 Å². The summed E-state index contributed by atoms with van der Waals surface area (Å²) in [5, 5.41) is 2.38. The maximum Gasteiger partial charge on any atom is 0.534 e. The highest BCUT2D eigenvalue weighted by atomic mass is 16.6. The topological polar surface area (TPSA) is 98.5 Å². The van der Waals surface area contributed by atoms with Crippen LogP contribution in [0.1, 0.15) is 13.8 Å². The number of primary amides is 1. The maximum atomic E-state index is 11.6. The van der Waals surface area contributed by atoms with Crippen molar-refractivity contribution < 1.29 is 23.6 Å². The molecule has 0 aromatic rings. The molecular formula is C8H14N3O4+. The summed E-state index contributed by atoms with van der Waals surface area (Å²) in [6.45, 7) is 3.49. The second-order valence-corrected chi connectivity index (χ2v) is 3.54. The number of quaternary nitrogens is 1. The summed E-state index contributed by atoms with van der Waals surface area (Å²) in [6, 6.07) is -1.75. The van der Waals surface area contributed by atoms with E-state index in [1.807, 2.05) is 0 Å². The molecule has 1 aliphatic heterocycles. The molecular weight excluding hydrogens is 202 g/mol. The molecule has 1 saturated heterocycles. The summed E-state index contributed by atoms with van der Waals surface area (Å²) < 4.78 is 3.74. The molecule has 7 nitrogen and oxygen atoms in total. The molecule has 1 heterocycles. The summed E-state index contributed by atoms with van der Waals surface area (Å²) in [6.07, 6.45) is -1.33. The summed E-state index contributed by atoms with van der Waals surface area (Å²) >= 11 is 0. The van der Waals surface area contributed by atoms with Crippen molar-refractivity contribution in [1.82, 2.24) is 5.32 Å². The van der Waals surface area contributed by atoms with Gasteiger partial charge in [-0.3, -0.25) is 5.32 Å². The zero-order valence-electron chi connectivity index (χ0n) is 8.65. The summed E-state index contributed by atoms with van der Waals surface area (Å²) in [5.41, 5.74) is 5.07. The van der Waals surface area contributed by atoms with E-state index in [1.165, 1.54) is 0 Å². The molecule has 1 rings (SSSR count). The van der Waals surface area contributed by atoms with Gasteiger partial charge in [0.05, 0.1) is 6.54 Å². The van der Waals surface area contributed by atoms with Gasteiger partial charge in [0, 0.05) is 0 Å². The average Bonchev–Trinajstić information content (AvgIpc) is 2.46. The van der Waals surface area contributed by atoms with Crippen molar-refractivity contribution in [3.63, 3.8) is 0 Å². The smallest absolute Gasteiger partial charge is 0.417 e. The Hall–Kier alpha value is -1.63. The van der Waals surface area contributed by atoms with E-state index in [4.69, 9.17) is 10.5 Å². The first-order valence-electron chi connectivity index (χ1n) is 4.59. The molecule has 7 heteroatoms. The van der Waals surface area contributed by atoms with Crippen molar-refractivity contribution in [1.29, 1.82) is 0 Å². The van der Waals surface area contributed by atoms with Gasteiger partial charge in [0.2, 0.25) is 0 Å². The second-order valence-electron chi connectivity index (χ2n) is 3.54. The Bertz CT molecular complexity index is 315. The van der Waals surface area contributed by atoms with Gasteiger partial charge in [-0.1, -0.05) is 4.48 Å². The van der Waals surface area contributed by atoms with Gasteiger partial charge < -0.3 is 10.5 Å². The van der Waals surface area contributed by atoms with Crippen LogP contribution in [0, 0.1) is 0 Å². The van der Waals surface area contributed by atoms with Crippen molar-refractivity contribution in [3.05, 3.63) is 0 Å². The largest absolute Gasteiger partial charge is 0.534 e. The highest BCUT2D eigenvalue weighted by Gasteiger charge is 2.56. The maximum absolute atomic E-state index is 11.6. The van der Waals surface area contributed by atoms with E-state index in [-0.39, 0.29) is 13.1 Å². The Morgan fingerprint density at radius 2 is 2.13 bits per heavy atom. The van der Waals surface area contributed by atoms with E-state index in [1.54, 1.807) is 13.8 Å². The monoisotopic (exact) mass is 216 g/mol. The molecule has 0 spiro atoms. The molecule has 84 valence electrons. The van der Waals surface area contributed by atoms with E-state index in [0.717, 1.165) is 0 Å². The lowest BCUT2D eigenvalue weighted by molar-refractivity contribution is -0.679. The number of nitrogens with two attached hydrogens (primary N) is 1. The zero-order chi connectivity index (χ0) is 11.6. The summed E-state index contributed by atoms with van der Waals surface area (Å²) in [5.74, 6) is 0. The number of nitrogens with zero attached hydrogens (tertiary/aromatic N) is 1. The van der Waals surface area contributed by atoms with Crippen molar-refractivity contribution in [2.45, 2.75) is 20.0 Å². The van der Waals surface area contributed by atoms with Crippen LogP contribution in [-0.4, -0.2) is 41.8 Å². The van der Waals surface area contributed by atoms with Crippen molar-refractivity contribution >= 4 is 18.2 Å². The third-order valence-electron chi connectivity index (χ3n) is 2.09. The molecule has 1 fully saturated rings. The van der Waals surface area contributed by atoms with E-state index in [9.17, 15) is 14.4 Å². The molecule has 15 heavy (non-hydrogen) atoms. The fourth-order valence-electron chi connectivity index (χ4n) is 1.33. The average molecular weight is 216 g/mol. The van der Waals surface area contributed by atoms with Crippen LogP contribution < -0.4 is 11.1 Å². The number of carbonyl (C=O) groups is 3. The minimum Gasteiger partial charge on any atom is -0.417 e. The molecule has 3 N–H and O–H groups in total. The number of imide groups is 3. The van der Waals surface area contributed by atoms with Gasteiger partial charge in [0.15, 0.2) is 0 Å². The lowest BCUT2D eigenvalue weighted by Crippen LogP contribution is -2.61. The molecule has 0 aromatic carbocycles. The standard InChI is InChI=1S/C8H13N3O4/c1-5(2)15-8(14)11(6(9)12)4-3-10-7(11)13/h5H,3-4H2,1-2H3,(H2-,9,10,12,13)/p+1. The lowest BCUT2D eigenvalue weighted by Gasteiger charge is -2.21. The fourth-order valence-corrected chi connectivity index (χ4v) is 1.33. The quantitative estimate of drug-likeness (QED) is 0.609. The predicted octanol–water partition coefficient (Wildman–Crippen LogP) is 0.150. The third kappa shape index (κ3) is 1.78. The highest BCUT2D eigenvalue weighted by Crippen LogP contribution is 2.16. The Morgan fingerprint density at radius 3 is 2.47 bits per heavy atom. The van der Waals surface area contributed by atoms with E-state index in [0.29, 0.717) is 0 Å². The van der Waals surface area contributed by atoms with E-state index >= 15 is 0 Å². The van der Waals surface area contributed by atoms with Crippen LogP contribution >= 0.6 is 0 Å². The Balaban J connectivity index is 2.97. The van der Waals surface area contributed by atoms with Crippen LogP contribution in [0.5, 0.6) is 0 Å². The Labute approximate surface area is 86.7 Å². The molecule has 0 aromatic heterocycles. The van der Waals surface area contributed by atoms with Crippen LogP contribution in [0.15, 0.2) is 0 Å². The number of hydrogen-bond donors (Lipinski definition) is 2. The number of carbonyl (C=O) groups excluding carboxylic acids is 3. The van der Waals surface area contributed by atoms with Crippen molar-refractivity contribution in [2.75, 3.05) is 13.1 Å². The Kier molecular flexibility index (Phi) is 2.94. The number of ether oxygens (including phenoxy) is 1. The molecule has 0 bridgehead atoms. The first-order valence-corrected chi connectivity index (χ1v) is 4.59. The van der Waals surface area contributed by atoms with Gasteiger partial charge in [0.1, 0.15) is 12.6 Å². The first kappa shape index (κ1) is 11.4. The lowest BCUT2D eigenvalue weighted by atomic mass is 10.4. The molecule has 0 radical (unpaired) electrons. The van der Waals surface area contributed by atoms with Crippen LogP contribution in [0.3, 0.4) is 0 Å². The van der Waals surface area contributed by atoms with Crippen LogP contribution in [0.25, 0.3) is 0 Å². The second kappa shape index (κ2) is 3.85. The van der Waals surface area contributed by atoms with Gasteiger partial charge in [-0.25, -0.2) is 9.59 Å².